The Morgan fingerprint density at radius 1 is 0.862 bits per heavy atom. The van der Waals surface area contributed by atoms with E-state index in [4.69, 9.17) is 4.74 Å². The molecule has 0 aliphatic heterocycles. The van der Waals surface area contributed by atoms with Crippen LogP contribution in [0.2, 0.25) is 0 Å². The van der Waals surface area contributed by atoms with Crippen molar-refractivity contribution < 1.29 is 14.6 Å². The molecule has 0 saturated heterocycles. The summed E-state index contributed by atoms with van der Waals surface area (Å²) in [5.41, 5.74) is 1.35. The molecule has 0 atom stereocenters. The minimum atomic E-state index is -0.202. The fraction of sp³-hybridized carbons (Fsp3) is 0.731. The minimum absolute atomic E-state index is 0.179. The van der Waals surface area contributed by atoms with Crippen molar-refractivity contribution in [2.75, 3.05) is 0 Å². The van der Waals surface area contributed by atoms with Crippen LogP contribution >= 0.6 is 0 Å². The van der Waals surface area contributed by atoms with Crippen LogP contribution in [0.1, 0.15) is 122 Å². The Morgan fingerprint density at radius 2 is 1.34 bits per heavy atom. The van der Waals surface area contributed by atoms with Crippen molar-refractivity contribution in [3.63, 3.8) is 0 Å². The molecule has 0 bridgehead atoms. The number of ether oxygens (including phenoxy) is 1. The van der Waals surface area contributed by atoms with Gasteiger partial charge in [-0.25, -0.2) is 0 Å². The molecule has 1 aromatic rings. The fourth-order valence-electron chi connectivity index (χ4n) is 3.67. The molecule has 0 fully saturated rings. The van der Waals surface area contributed by atoms with E-state index in [0.717, 1.165) is 24.0 Å². The van der Waals surface area contributed by atoms with Crippen LogP contribution in [0.5, 0.6) is 11.5 Å². The third-order valence-electron chi connectivity index (χ3n) is 5.55. The third kappa shape index (κ3) is 10.7. The number of aryl methyl sites for hydroxylation is 1. The van der Waals surface area contributed by atoms with Gasteiger partial charge < -0.3 is 9.84 Å². The van der Waals surface area contributed by atoms with Gasteiger partial charge in [-0.1, -0.05) is 98.3 Å². The maximum atomic E-state index is 12.2. The normalized spacial score (nSPS) is 11.6. The van der Waals surface area contributed by atoms with Gasteiger partial charge in [-0.15, -0.1) is 0 Å². The maximum absolute atomic E-state index is 12.2. The molecule has 3 heteroatoms. The van der Waals surface area contributed by atoms with E-state index in [-0.39, 0.29) is 11.4 Å². The predicted octanol–water partition coefficient (Wildman–Crippen LogP) is 7.99. The molecule has 0 unspecified atom stereocenters. The molecule has 1 rings (SSSR count). The summed E-state index contributed by atoms with van der Waals surface area (Å²) >= 11 is 0. The molecule has 1 aromatic carbocycles. The number of benzene rings is 1. The second-order valence-corrected chi connectivity index (χ2v) is 9.50. The number of hydrogen-bond acceptors (Lipinski definition) is 3. The van der Waals surface area contributed by atoms with Gasteiger partial charge in [-0.2, -0.15) is 0 Å². The SMILES string of the molecule is CCCCCCCCCCCCCCC(=O)Oc1cc(C)c(O)c(C(C)(C)C)c1. The van der Waals surface area contributed by atoms with Gasteiger partial charge >= 0.3 is 5.97 Å². The van der Waals surface area contributed by atoms with Crippen LogP contribution in [-0.4, -0.2) is 11.1 Å². The van der Waals surface area contributed by atoms with Crippen molar-refractivity contribution in [1.29, 1.82) is 0 Å². The van der Waals surface area contributed by atoms with Gasteiger partial charge in [-0.05, 0) is 36.5 Å². The topological polar surface area (TPSA) is 46.5 Å². The van der Waals surface area contributed by atoms with Crippen molar-refractivity contribution in [2.24, 2.45) is 0 Å². The van der Waals surface area contributed by atoms with Gasteiger partial charge in [0, 0.05) is 12.0 Å². The number of esters is 1. The molecule has 0 heterocycles. The molecule has 0 spiro atoms. The first-order valence-corrected chi connectivity index (χ1v) is 11.8. The van der Waals surface area contributed by atoms with E-state index in [1.54, 1.807) is 12.1 Å². The first-order valence-electron chi connectivity index (χ1n) is 11.8. The van der Waals surface area contributed by atoms with Gasteiger partial charge in [0.2, 0.25) is 0 Å². The Kier molecular flexibility index (Phi) is 12.0. The Morgan fingerprint density at radius 3 is 1.83 bits per heavy atom. The summed E-state index contributed by atoms with van der Waals surface area (Å²) in [6.45, 7) is 10.2. The summed E-state index contributed by atoms with van der Waals surface area (Å²) in [4.78, 5) is 12.2. The average Bonchev–Trinajstić information content (AvgIpc) is 2.64. The lowest BCUT2D eigenvalue weighted by Crippen LogP contribution is -2.13. The third-order valence-corrected chi connectivity index (χ3v) is 5.55. The number of aromatic hydroxyl groups is 1. The molecular formula is C26H44O3. The molecule has 166 valence electrons. The predicted molar refractivity (Wildman–Crippen MR) is 123 cm³/mol. The van der Waals surface area contributed by atoms with Crippen LogP contribution in [0.15, 0.2) is 12.1 Å². The molecule has 0 aromatic heterocycles. The molecule has 0 aliphatic carbocycles. The number of carbonyl (C=O) groups is 1. The highest BCUT2D eigenvalue weighted by atomic mass is 16.5. The van der Waals surface area contributed by atoms with Gasteiger partial charge in [0.15, 0.2) is 0 Å². The van der Waals surface area contributed by atoms with E-state index in [1.807, 2.05) is 27.7 Å². The van der Waals surface area contributed by atoms with E-state index < -0.39 is 0 Å². The lowest BCUT2D eigenvalue weighted by molar-refractivity contribution is -0.134. The molecule has 29 heavy (non-hydrogen) atoms. The van der Waals surface area contributed by atoms with Crippen LogP contribution in [0.3, 0.4) is 0 Å². The van der Waals surface area contributed by atoms with Crippen LogP contribution < -0.4 is 4.74 Å². The number of rotatable bonds is 14. The smallest absolute Gasteiger partial charge is 0.311 e. The van der Waals surface area contributed by atoms with Crippen LogP contribution in [0.4, 0.5) is 0 Å². The van der Waals surface area contributed by atoms with Gasteiger partial charge in [0.1, 0.15) is 11.5 Å². The quantitative estimate of drug-likeness (QED) is 0.194. The van der Waals surface area contributed by atoms with Crippen molar-refractivity contribution in [2.45, 2.75) is 124 Å². The van der Waals surface area contributed by atoms with E-state index >= 15 is 0 Å². The number of hydrogen-bond donors (Lipinski definition) is 1. The summed E-state index contributed by atoms with van der Waals surface area (Å²) in [7, 11) is 0. The summed E-state index contributed by atoms with van der Waals surface area (Å²) in [5, 5.41) is 10.3. The number of unbranched alkanes of at least 4 members (excludes halogenated alkanes) is 11. The first-order chi connectivity index (χ1) is 13.8. The minimum Gasteiger partial charge on any atom is -0.507 e. The zero-order valence-electron chi connectivity index (χ0n) is 19.6. The zero-order chi connectivity index (χ0) is 21.7. The van der Waals surface area contributed by atoms with Crippen molar-refractivity contribution in [1.82, 2.24) is 0 Å². The second-order valence-electron chi connectivity index (χ2n) is 9.50. The standard InChI is InChI=1S/C26H44O3/c1-6-7-8-9-10-11-12-13-14-15-16-17-18-24(27)29-22-19-21(2)25(28)23(20-22)26(3,4)5/h19-20,28H,6-18H2,1-5H3. The van der Waals surface area contributed by atoms with E-state index in [9.17, 15) is 9.90 Å². The highest BCUT2D eigenvalue weighted by Gasteiger charge is 2.21. The van der Waals surface area contributed by atoms with E-state index in [2.05, 4.69) is 6.92 Å². The molecule has 1 N–H and O–H groups in total. The summed E-state index contributed by atoms with van der Waals surface area (Å²) in [6.07, 6.45) is 15.8. The molecule has 3 nitrogen and oxygen atoms in total. The van der Waals surface area contributed by atoms with Crippen LogP contribution in [0.25, 0.3) is 0 Å². The molecular weight excluding hydrogens is 360 g/mol. The highest BCUT2D eigenvalue weighted by molar-refractivity contribution is 5.72. The van der Waals surface area contributed by atoms with Crippen molar-refractivity contribution >= 4 is 5.97 Å². The summed E-state index contributed by atoms with van der Waals surface area (Å²) in [6, 6.07) is 3.53. The highest BCUT2D eigenvalue weighted by Crippen LogP contribution is 2.36. The Balaban J connectivity index is 2.18. The first kappa shape index (κ1) is 25.5. The molecule has 0 amide bonds. The molecule has 0 saturated carbocycles. The van der Waals surface area contributed by atoms with E-state index in [0.29, 0.717) is 17.9 Å². The summed E-state index contributed by atoms with van der Waals surface area (Å²) < 4.78 is 5.54. The number of carbonyl (C=O) groups excluding carboxylic acids is 1. The number of phenolic OH excluding ortho intramolecular Hbond substituents is 1. The average molecular weight is 405 g/mol. The maximum Gasteiger partial charge on any atom is 0.311 e. The van der Waals surface area contributed by atoms with Crippen molar-refractivity contribution in [3.05, 3.63) is 23.3 Å². The van der Waals surface area contributed by atoms with Crippen molar-refractivity contribution in [3.8, 4) is 11.5 Å². The molecule has 0 aliphatic rings. The molecule has 0 radical (unpaired) electrons. The van der Waals surface area contributed by atoms with Gasteiger partial charge in [0.25, 0.3) is 0 Å². The van der Waals surface area contributed by atoms with Crippen LogP contribution in [0, 0.1) is 6.92 Å². The Labute approximate surface area is 179 Å². The monoisotopic (exact) mass is 404 g/mol. The lowest BCUT2D eigenvalue weighted by atomic mass is 9.85. The lowest BCUT2D eigenvalue weighted by Gasteiger charge is -2.22. The van der Waals surface area contributed by atoms with Crippen LogP contribution in [-0.2, 0) is 10.2 Å². The fourth-order valence-corrected chi connectivity index (χ4v) is 3.67. The van der Waals surface area contributed by atoms with Gasteiger partial charge in [-0.3, -0.25) is 4.79 Å². The largest absolute Gasteiger partial charge is 0.507 e. The zero-order valence-corrected chi connectivity index (χ0v) is 19.6. The number of phenols is 1. The Bertz CT molecular complexity index is 599. The Hall–Kier alpha value is -1.51. The van der Waals surface area contributed by atoms with E-state index in [1.165, 1.54) is 64.2 Å². The second kappa shape index (κ2) is 13.7. The summed E-state index contributed by atoms with van der Waals surface area (Å²) in [5.74, 6) is 0.648. The van der Waals surface area contributed by atoms with Gasteiger partial charge in [0.05, 0.1) is 0 Å².